The summed E-state index contributed by atoms with van der Waals surface area (Å²) >= 11 is 7.32. The lowest BCUT2D eigenvalue weighted by Gasteiger charge is -2.23. The number of nitrogens with zero attached hydrogens (tertiary/aromatic N) is 10. The molecule has 0 aliphatic carbocycles. The van der Waals surface area contributed by atoms with Gasteiger partial charge < -0.3 is 41.1 Å². The molecule has 9 aromatic rings. The van der Waals surface area contributed by atoms with E-state index in [2.05, 4.69) is 26.3 Å². The van der Waals surface area contributed by atoms with Gasteiger partial charge in [-0.05, 0) is 43.4 Å². The molecule has 0 radical (unpaired) electrons. The number of methoxy groups -OCH3 is 1. The molecule has 30 heteroatoms. The summed E-state index contributed by atoms with van der Waals surface area (Å²) in [5, 5.41) is 42.2. The molecule has 0 unspecified atom stereocenters. The van der Waals surface area contributed by atoms with E-state index in [1.54, 1.807) is 75.5 Å². The number of Topliss-reactive ketones (excluding diaryl/α,β-unsaturated/α-hetero) is 1. The Balaban J connectivity index is 0.975. The van der Waals surface area contributed by atoms with Crippen molar-refractivity contribution in [2.24, 2.45) is 5.92 Å². The standard InChI is InChI=1S/C57H54N14O10S6/c1-26(2)30-16-38(72)43-27(3)86-54(68-43)32(17-41(73)58-4)62-48(76)35-22-82-50(64-35)29-13-14-31(52-66-40(24-85-52)70-19-33(60-25-70)56(78)71-15-9-12-37(71)57(79)80)61-44(29)34-21-83-53(63-34)36-23-84-55(65-36)46(47(75)28-10-7-6-8-11-28)67-42(74)18-59-49(77)45-39(20-81-5)87-51(30)69-45/h6-8,10-11,13-14,19,21-26,30,32,37,46-47,75H,9,12,15-18,20H2,1-5H3,(H,58,73)(H,59,77)(H,62,76)(H,67,74)(H,79,80)/t30-,32+,37-,46+,47+/m1/s1. The number of thiazole rings is 6. The number of pyridine rings is 1. The number of aliphatic hydroxyl groups excluding tert-OH is 1. The molecule has 1 aromatic carbocycles. The zero-order valence-corrected chi connectivity index (χ0v) is 51.9. The summed E-state index contributed by atoms with van der Waals surface area (Å²) < 4.78 is 7.05. The number of carbonyl (C=O) groups is 7. The van der Waals surface area contributed by atoms with Gasteiger partial charge in [-0.15, -0.1) is 68.0 Å². The van der Waals surface area contributed by atoms with Gasteiger partial charge in [0.05, 0.1) is 41.2 Å². The summed E-state index contributed by atoms with van der Waals surface area (Å²) in [6, 6.07) is 9.35. The van der Waals surface area contributed by atoms with Crippen LogP contribution in [0.2, 0.25) is 0 Å². The van der Waals surface area contributed by atoms with Gasteiger partial charge in [-0.2, -0.15) is 0 Å². The molecule has 2 aliphatic heterocycles. The minimum absolute atomic E-state index is 0.0251. The molecule has 87 heavy (non-hydrogen) atoms. The van der Waals surface area contributed by atoms with Crippen molar-refractivity contribution in [3.63, 3.8) is 0 Å². The van der Waals surface area contributed by atoms with E-state index in [1.165, 1.54) is 99.6 Å². The summed E-state index contributed by atoms with van der Waals surface area (Å²) in [5.74, 6) is -4.34. The lowest BCUT2D eigenvalue weighted by atomic mass is 9.90. The van der Waals surface area contributed by atoms with Crippen LogP contribution in [0.1, 0.15) is 136 Å². The van der Waals surface area contributed by atoms with Crippen LogP contribution in [0.4, 0.5) is 0 Å². The van der Waals surface area contributed by atoms with Crippen LogP contribution in [-0.4, -0.2) is 134 Å². The van der Waals surface area contributed by atoms with Crippen LogP contribution in [0, 0.1) is 12.8 Å². The molecule has 11 rings (SSSR count). The summed E-state index contributed by atoms with van der Waals surface area (Å²) in [5.41, 5.74) is 2.95. The fourth-order valence-electron chi connectivity index (χ4n) is 9.92. The van der Waals surface area contributed by atoms with E-state index in [1.807, 2.05) is 13.8 Å². The predicted molar refractivity (Wildman–Crippen MR) is 327 cm³/mol. The highest BCUT2D eigenvalue weighted by Crippen LogP contribution is 2.41. The summed E-state index contributed by atoms with van der Waals surface area (Å²) in [7, 11) is 2.96. The van der Waals surface area contributed by atoms with Gasteiger partial charge in [0.25, 0.3) is 17.7 Å². The van der Waals surface area contributed by atoms with E-state index < -0.39 is 66.3 Å². The van der Waals surface area contributed by atoms with Crippen molar-refractivity contribution in [1.82, 2.24) is 70.6 Å². The Bertz CT molecular complexity index is 4090. The van der Waals surface area contributed by atoms with E-state index in [0.29, 0.717) is 98.9 Å². The Morgan fingerprint density at radius 1 is 0.782 bits per heavy atom. The van der Waals surface area contributed by atoms with Crippen LogP contribution in [0.5, 0.6) is 0 Å². The second kappa shape index (κ2) is 26.0. The number of carboxylic acid groups (broad SMARTS) is 1. The van der Waals surface area contributed by atoms with Gasteiger partial charge in [-0.1, -0.05) is 44.2 Å². The number of hydrogen-bond acceptors (Lipinski definition) is 23. The number of rotatable bonds is 11. The van der Waals surface area contributed by atoms with Crippen LogP contribution in [-0.2, 0) is 25.7 Å². The third-order valence-corrected chi connectivity index (χ3v) is 20.2. The SMILES string of the molecule is CNC(=O)C[C@@H]1NC(=O)c2csc(n2)-c2ccc(-c3nc(-n4cnc(C(=O)N5CCC[C@@H]5C(=O)O)c4)cs3)nc2-c2csc(n2)-c2csc(n2)[C@H]([C@@H](O)c2ccccc2)NC(=O)CNC(=O)c2nc(sc2COC)[C@@H](C(C)C)CC(=O)c2nc1sc2C. The number of aryl methyl sites for hydroxylation is 1. The smallest absolute Gasteiger partial charge is 0.326 e. The molecule has 2 aliphatic rings. The van der Waals surface area contributed by atoms with Gasteiger partial charge in [0.1, 0.15) is 95.2 Å². The highest BCUT2D eigenvalue weighted by molar-refractivity contribution is 7.15. The molecule has 448 valence electrons. The Labute approximate surface area is 520 Å². The maximum atomic E-state index is 14.4. The third-order valence-electron chi connectivity index (χ3n) is 14.5. The number of carboxylic acids is 1. The molecule has 5 atom stereocenters. The van der Waals surface area contributed by atoms with Crippen molar-refractivity contribution in [2.45, 2.75) is 83.2 Å². The summed E-state index contributed by atoms with van der Waals surface area (Å²) in [6.07, 6.45) is 2.34. The van der Waals surface area contributed by atoms with E-state index in [4.69, 9.17) is 39.6 Å². The number of aliphatic carboxylic acids is 1. The molecule has 0 saturated carbocycles. The Hall–Kier alpha value is -8.23. The van der Waals surface area contributed by atoms with Crippen molar-refractivity contribution in [3.05, 3.63) is 130 Å². The zero-order chi connectivity index (χ0) is 61.2. The molecule has 1 fully saturated rings. The van der Waals surface area contributed by atoms with E-state index in [0.717, 1.165) is 0 Å². The first-order valence-corrected chi connectivity index (χ1v) is 32.3. The molecule has 6 N–H and O–H groups in total. The predicted octanol–water partition coefficient (Wildman–Crippen LogP) is 8.07. The number of aliphatic hydroxyl groups is 1. The molecule has 0 spiro atoms. The second-order valence-electron chi connectivity index (χ2n) is 20.6. The molecule has 10 heterocycles. The number of likely N-dealkylation sites (tertiary alicyclic amines) is 1. The molecule has 1 saturated heterocycles. The molecule has 24 nitrogen and oxygen atoms in total. The summed E-state index contributed by atoms with van der Waals surface area (Å²) in [4.78, 5) is 136. The number of fused-ring (bicyclic) bond motifs is 14. The fourth-order valence-corrected chi connectivity index (χ4v) is 15.5. The van der Waals surface area contributed by atoms with Crippen molar-refractivity contribution in [2.75, 3.05) is 27.2 Å². The Kier molecular flexibility index (Phi) is 18.1. The molecule has 5 amide bonds. The van der Waals surface area contributed by atoms with Crippen molar-refractivity contribution < 1.29 is 48.5 Å². The number of hydrogen-bond donors (Lipinski definition) is 6. The Morgan fingerprint density at radius 2 is 1.52 bits per heavy atom. The van der Waals surface area contributed by atoms with Crippen LogP contribution in [0.15, 0.2) is 76.5 Å². The van der Waals surface area contributed by atoms with E-state index in [-0.39, 0.29) is 59.8 Å². The minimum Gasteiger partial charge on any atom is -0.480 e. The largest absolute Gasteiger partial charge is 0.480 e. The van der Waals surface area contributed by atoms with Gasteiger partial charge >= 0.3 is 5.97 Å². The number of imidazole rings is 1. The van der Waals surface area contributed by atoms with Crippen LogP contribution >= 0.6 is 68.0 Å². The van der Waals surface area contributed by atoms with Gasteiger partial charge in [0, 0.05) is 71.2 Å². The zero-order valence-electron chi connectivity index (χ0n) is 47.0. The number of benzene rings is 1. The number of ether oxygens (including phenoxy) is 1. The molecular weight excluding hydrogens is 1230 g/mol. The quantitative estimate of drug-likeness (QED) is 0.0712. The van der Waals surface area contributed by atoms with E-state index in [9.17, 15) is 43.8 Å². The first-order chi connectivity index (χ1) is 41.9. The molecule has 8 aromatic heterocycles. The lowest BCUT2D eigenvalue weighted by molar-refractivity contribution is -0.141. The van der Waals surface area contributed by atoms with Crippen LogP contribution < -0.4 is 21.3 Å². The average molecular weight is 1290 g/mol. The van der Waals surface area contributed by atoms with E-state index >= 15 is 0 Å². The van der Waals surface area contributed by atoms with Crippen LogP contribution in [0.25, 0.3) is 49.2 Å². The maximum absolute atomic E-state index is 14.4. The number of aromatic nitrogens is 9. The number of amides is 5. The first-order valence-electron chi connectivity index (χ1n) is 27.2. The second-order valence-corrected chi connectivity index (χ2v) is 26.4. The normalized spacial score (nSPS) is 18.0. The van der Waals surface area contributed by atoms with Gasteiger partial charge in [-0.25, -0.2) is 44.7 Å². The highest BCUT2D eigenvalue weighted by atomic mass is 32.1. The monoisotopic (exact) mass is 1290 g/mol. The van der Waals surface area contributed by atoms with Gasteiger partial charge in [0.15, 0.2) is 5.78 Å². The highest BCUT2D eigenvalue weighted by Gasteiger charge is 2.37. The number of nitrogens with one attached hydrogen (secondary N) is 4. The topological polar surface area (TPSA) is 329 Å². The fraction of sp³-hybridized carbons (Fsp3) is 0.316. The minimum atomic E-state index is -1.28. The third kappa shape index (κ3) is 12.9. The van der Waals surface area contributed by atoms with Gasteiger partial charge in [0.2, 0.25) is 11.8 Å². The number of carbonyl (C=O) groups excluding carboxylic acids is 6. The Morgan fingerprint density at radius 3 is 2.29 bits per heavy atom. The number of ketones is 1. The van der Waals surface area contributed by atoms with Crippen molar-refractivity contribution in [3.8, 4) is 49.2 Å². The van der Waals surface area contributed by atoms with Crippen molar-refractivity contribution in [1.29, 1.82) is 0 Å². The average Bonchev–Trinajstić information content (AvgIpc) is 2.71. The lowest BCUT2D eigenvalue weighted by Crippen LogP contribution is -2.40. The molecular formula is C57H54N14O10S6. The summed E-state index contributed by atoms with van der Waals surface area (Å²) in [6.45, 7) is 5.46. The molecule has 10 bridgehead atoms. The van der Waals surface area contributed by atoms with Gasteiger partial charge in [-0.3, -0.25) is 33.3 Å². The van der Waals surface area contributed by atoms with Crippen LogP contribution in [0.3, 0.4) is 0 Å². The maximum Gasteiger partial charge on any atom is 0.326 e. The van der Waals surface area contributed by atoms with Crippen molar-refractivity contribution >= 4 is 109 Å². The first kappa shape index (κ1) is 60.5.